The highest BCUT2D eigenvalue weighted by atomic mass is 35.5. The zero-order valence-electron chi connectivity index (χ0n) is 12.0. The van der Waals surface area contributed by atoms with Crippen LogP contribution in [-0.2, 0) is 11.2 Å². The van der Waals surface area contributed by atoms with Crippen LogP contribution < -0.4 is 5.32 Å². The number of hydrogen-bond donors (Lipinski definition) is 1. The summed E-state index contributed by atoms with van der Waals surface area (Å²) in [4.78, 5) is 0. The molecule has 0 aliphatic carbocycles. The molecule has 1 N–H and O–H groups in total. The third-order valence-corrected chi connectivity index (χ3v) is 3.35. The number of nitrogens with one attached hydrogen (secondary N) is 1. The van der Waals surface area contributed by atoms with Gasteiger partial charge in [0.15, 0.2) is 0 Å². The largest absolute Gasteiger partial charge is 0.411 e. The van der Waals surface area contributed by atoms with Crippen molar-refractivity contribution in [3.63, 3.8) is 0 Å². The summed E-state index contributed by atoms with van der Waals surface area (Å²) in [5.74, 6) is 0.366. The zero-order chi connectivity index (χ0) is 15.7. The standard InChI is InChI=1S/C15H21ClF3NO/c1-20-10-13(3-2-8-21-11-15(17,18)19)9-12-4-6-14(16)7-5-12/h4-7,13,20H,2-3,8-11H2,1H3. The van der Waals surface area contributed by atoms with Gasteiger partial charge in [0, 0.05) is 11.6 Å². The van der Waals surface area contributed by atoms with Crippen molar-refractivity contribution in [2.24, 2.45) is 5.92 Å². The molecular weight excluding hydrogens is 303 g/mol. The van der Waals surface area contributed by atoms with E-state index in [1.807, 2.05) is 31.3 Å². The Bertz CT molecular complexity index is 395. The Morgan fingerprint density at radius 2 is 1.90 bits per heavy atom. The summed E-state index contributed by atoms with van der Waals surface area (Å²) in [5.41, 5.74) is 1.18. The van der Waals surface area contributed by atoms with Gasteiger partial charge in [-0.05, 0) is 56.5 Å². The molecule has 1 unspecified atom stereocenters. The van der Waals surface area contributed by atoms with E-state index in [1.165, 1.54) is 5.56 Å². The second-order valence-electron chi connectivity index (χ2n) is 5.06. The normalized spacial score (nSPS) is 13.4. The van der Waals surface area contributed by atoms with E-state index in [0.717, 1.165) is 19.4 Å². The van der Waals surface area contributed by atoms with E-state index >= 15 is 0 Å². The van der Waals surface area contributed by atoms with Gasteiger partial charge < -0.3 is 10.1 Å². The molecule has 0 radical (unpaired) electrons. The Morgan fingerprint density at radius 3 is 2.48 bits per heavy atom. The van der Waals surface area contributed by atoms with E-state index < -0.39 is 12.8 Å². The van der Waals surface area contributed by atoms with E-state index in [0.29, 0.717) is 17.4 Å². The minimum atomic E-state index is -4.24. The highest BCUT2D eigenvalue weighted by molar-refractivity contribution is 6.30. The second-order valence-corrected chi connectivity index (χ2v) is 5.50. The molecule has 6 heteroatoms. The van der Waals surface area contributed by atoms with Gasteiger partial charge in [0.05, 0.1) is 0 Å². The summed E-state index contributed by atoms with van der Waals surface area (Å²) >= 11 is 5.84. The van der Waals surface area contributed by atoms with Crippen molar-refractivity contribution in [3.05, 3.63) is 34.9 Å². The molecule has 120 valence electrons. The van der Waals surface area contributed by atoms with Crippen LogP contribution in [0.25, 0.3) is 0 Å². The average Bonchev–Trinajstić information content (AvgIpc) is 2.40. The SMILES string of the molecule is CNCC(CCCOCC(F)(F)F)Cc1ccc(Cl)cc1. The van der Waals surface area contributed by atoms with Crippen LogP contribution in [0.1, 0.15) is 18.4 Å². The Morgan fingerprint density at radius 1 is 1.24 bits per heavy atom. The van der Waals surface area contributed by atoms with Crippen molar-refractivity contribution < 1.29 is 17.9 Å². The molecule has 1 rings (SSSR count). The fourth-order valence-electron chi connectivity index (χ4n) is 2.18. The molecule has 21 heavy (non-hydrogen) atoms. The van der Waals surface area contributed by atoms with Crippen molar-refractivity contribution in [2.45, 2.75) is 25.4 Å². The summed E-state index contributed by atoms with van der Waals surface area (Å²) in [6, 6.07) is 7.65. The van der Waals surface area contributed by atoms with Gasteiger partial charge in [-0.15, -0.1) is 0 Å². The third kappa shape index (κ3) is 8.96. The van der Waals surface area contributed by atoms with Gasteiger partial charge >= 0.3 is 6.18 Å². The molecule has 0 aromatic heterocycles. The molecule has 0 heterocycles. The first-order valence-corrected chi connectivity index (χ1v) is 7.32. The summed E-state index contributed by atoms with van der Waals surface area (Å²) < 4.78 is 40.4. The summed E-state index contributed by atoms with van der Waals surface area (Å²) in [6.45, 7) is -0.205. The van der Waals surface area contributed by atoms with E-state index in [2.05, 4.69) is 10.1 Å². The molecule has 1 aromatic carbocycles. The average molecular weight is 324 g/mol. The van der Waals surface area contributed by atoms with Gasteiger partial charge in [-0.3, -0.25) is 0 Å². The molecule has 0 fully saturated rings. The van der Waals surface area contributed by atoms with Crippen LogP contribution in [0.3, 0.4) is 0 Å². The van der Waals surface area contributed by atoms with Crippen LogP contribution >= 0.6 is 11.6 Å². The van der Waals surface area contributed by atoms with Gasteiger partial charge in [0.25, 0.3) is 0 Å². The maximum absolute atomic E-state index is 11.9. The predicted molar refractivity (Wildman–Crippen MR) is 78.7 cm³/mol. The Kier molecular flexibility index (Phi) is 8.07. The number of halogens is 4. The molecule has 0 spiro atoms. The number of ether oxygens (including phenoxy) is 1. The lowest BCUT2D eigenvalue weighted by Crippen LogP contribution is -2.22. The lowest BCUT2D eigenvalue weighted by molar-refractivity contribution is -0.174. The molecule has 0 aliphatic heterocycles. The molecule has 0 saturated heterocycles. The van der Waals surface area contributed by atoms with Crippen molar-refractivity contribution in [1.82, 2.24) is 5.32 Å². The lowest BCUT2D eigenvalue weighted by atomic mass is 9.95. The van der Waals surface area contributed by atoms with Gasteiger partial charge in [0.2, 0.25) is 0 Å². The first-order chi connectivity index (χ1) is 9.90. The van der Waals surface area contributed by atoms with Crippen molar-refractivity contribution in [3.8, 4) is 0 Å². The van der Waals surface area contributed by atoms with Crippen LogP contribution in [0.5, 0.6) is 0 Å². The molecule has 2 nitrogen and oxygen atoms in total. The van der Waals surface area contributed by atoms with Gasteiger partial charge in [-0.1, -0.05) is 23.7 Å². The second kappa shape index (κ2) is 9.28. The zero-order valence-corrected chi connectivity index (χ0v) is 12.8. The highest BCUT2D eigenvalue weighted by Gasteiger charge is 2.27. The van der Waals surface area contributed by atoms with Crippen LogP contribution in [-0.4, -0.2) is 33.0 Å². The molecule has 0 saturated carbocycles. The van der Waals surface area contributed by atoms with E-state index in [-0.39, 0.29) is 6.61 Å². The van der Waals surface area contributed by atoms with Crippen LogP contribution in [0.15, 0.2) is 24.3 Å². The highest BCUT2D eigenvalue weighted by Crippen LogP contribution is 2.18. The topological polar surface area (TPSA) is 21.3 Å². The van der Waals surface area contributed by atoms with Crippen LogP contribution in [0, 0.1) is 5.92 Å². The minimum absolute atomic E-state index is 0.139. The van der Waals surface area contributed by atoms with E-state index in [9.17, 15) is 13.2 Å². The number of rotatable bonds is 9. The van der Waals surface area contributed by atoms with E-state index in [1.54, 1.807) is 0 Å². The maximum atomic E-state index is 11.9. The van der Waals surface area contributed by atoms with Crippen LogP contribution in [0.2, 0.25) is 5.02 Å². The van der Waals surface area contributed by atoms with Crippen molar-refractivity contribution >= 4 is 11.6 Å². The first kappa shape index (κ1) is 18.3. The van der Waals surface area contributed by atoms with Crippen LogP contribution in [0.4, 0.5) is 13.2 Å². The maximum Gasteiger partial charge on any atom is 0.411 e. The number of hydrogen-bond acceptors (Lipinski definition) is 2. The Hall–Kier alpha value is -0.780. The third-order valence-electron chi connectivity index (χ3n) is 3.10. The molecule has 0 amide bonds. The summed E-state index contributed by atoms with van der Waals surface area (Å²) in [5, 5.41) is 3.82. The first-order valence-electron chi connectivity index (χ1n) is 6.94. The Labute approximate surface area is 128 Å². The predicted octanol–water partition coefficient (Wildman–Crippen LogP) is 4.08. The van der Waals surface area contributed by atoms with Crippen molar-refractivity contribution in [1.29, 1.82) is 0 Å². The number of alkyl halides is 3. The number of benzene rings is 1. The monoisotopic (exact) mass is 323 g/mol. The summed E-state index contributed by atoms with van der Waals surface area (Å²) in [6.07, 6.45) is -1.93. The fraction of sp³-hybridized carbons (Fsp3) is 0.600. The smallest absolute Gasteiger partial charge is 0.372 e. The van der Waals surface area contributed by atoms with Gasteiger partial charge in [0.1, 0.15) is 6.61 Å². The molecule has 1 atom stereocenters. The molecular formula is C15H21ClF3NO. The van der Waals surface area contributed by atoms with E-state index in [4.69, 9.17) is 11.6 Å². The van der Waals surface area contributed by atoms with Gasteiger partial charge in [-0.25, -0.2) is 0 Å². The van der Waals surface area contributed by atoms with Gasteiger partial charge in [-0.2, -0.15) is 13.2 Å². The molecule has 0 aliphatic rings. The lowest BCUT2D eigenvalue weighted by Gasteiger charge is -2.17. The Balaban J connectivity index is 2.31. The molecule has 0 bridgehead atoms. The van der Waals surface area contributed by atoms with Crippen molar-refractivity contribution in [2.75, 3.05) is 26.8 Å². The quantitative estimate of drug-likeness (QED) is 0.691. The summed E-state index contributed by atoms with van der Waals surface area (Å²) in [7, 11) is 1.87. The fourth-order valence-corrected chi connectivity index (χ4v) is 2.31. The minimum Gasteiger partial charge on any atom is -0.372 e. The molecule has 1 aromatic rings.